The summed E-state index contributed by atoms with van der Waals surface area (Å²) in [6, 6.07) is 5.56. The summed E-state index contributed by atoms with van der Waals surface area (Å²) in [5, 5.41) is 9.97. The van der Waals surface area contributed by atoms with E-state index in [2.05, 4.69) is 0 Å². The fourth-order valence-corrected chi connectivity index (χ4v) is 3.80. The zero-order valence-corrected chi connectivity index (χ0v) is 16.5. The standard InChI is InChI=1S/C21H26N2O5/c1-13-9-16-11-19(28-18(16)10-14(13)2)21(27)22-7-4-5-17(6-8-22)23(15(3)24)12-20(25)26/h9-11,17H,4-8,12H2,1-3H3,(H,25,26). The van der Waals surface area contributed by atoms with E-state index in [1.807, 2.05) is 26.0 Å². The van der Waals surface area contributed by atoms with Gasteiger partial charge in [0, 0.05) is 31.4 Å². The van der Waals surface area contributed by atoms with Gasteiger partial charge in [0.1, 0.15) is 12.1 Å². The van der Waals surface area contributed by atoms with E-state index in [1.54, 1.807) is 11.0 Å². The maximum Gasteiger partial charge on any atom is 0.323 e. The molecule has 7 heteroatoms. The van der Waals surface area contributed by atoms with Crippen molar-refractivity contribution in [3.05, 3.63) is 35.1 Å². The maximum absolute atomic E-state index is 12.9. The monoisotopic (exact) mass is 386 g/mol. The van der Waals surface area contributed by atoms with E-state index in [9.17, 15) is 14.4 Å². The lowest BCUT2D eigenvalue weighted by Crippen LogP contribution is -2.43. The van der Waals surface area contributed by atoms with E-state index in [1.165, 1.54) is 11.8 Å². The summed E-state index contributed by atoms with van der Waals surface area (Å²) >= 11 is 0. The molecule has 1 aromatic carbocycles. The fourth-order valence-electron chi connectivity index (χ4n) is 3.80. The van der Waals surface area contributed by atoms with Crippen LogP contribution in [-0.2, 0) is 9.59 Å². The van der Waals surface area contributed by atoms with Crippen molar-refractivity contribution in [2.75, 3.05) is 19.6 Å². The van der Waals surface area contributed by atoms with Gasteiger partial charge in [0.2, 0.25) is 5.91 Å². The van der Waals surface area contributed by atoms with Gasteiger partial charge < -0.3 is 19.3 Å². The van der Waals surface area contributed by atoms with Gasteiger partial charge in [-0.15, -0.1) is 0 Å². The summed E-state index contributed by atoms with van der Waals surface area (Å²) < 4.78 is 5.79. The Morgan fingerprint density at radius 1 is 1.14 bits per heavy atom. The topological polar surface area (TPSA) is 91.1 Å². The Kier molecular flexibility index (Phi) is 5.72. The van der Waals surface area contributed by atoms with Gasteiger partial charge in [-0.05, 0) is 62.4 Å². The summed E-state index contributed by atoms with van der Waals surface area (Å²) in [5.41, 5.74) is 2.96. The van der Waals surface area contributed by atoms with Crippen LogP contribution in [0.5, 0.6) is 0 Å². The van der Waals surface area contributed by atoms with Crippen molar-refractivity contribution in [3.63, 3.8) is 0 Å². The second-order valence-corrected chi connectivity index (χ2v) is 7.50. The van der Waals surface area contributed by atoms with Gasteiger partial charge in [-0.1, -0.05) is 0 Å². The first kappa shape index (κ1) is 19.9. The molecular weight excluding hydrogens is 360 g/mol. The number of furan rings is 1. The Morgan fingerprint density at radius 3 is 2.54 bits per heavy atom. The predicted molar refractivity (Wildman–Crippen MR) is 104 cm³/mol. The first-order valence-corrected chi connectivity index (χ1v) is 9.55. The van der Waals surface area contributed by atoms with E-state index >= 15 is 0 Å². The van der Waals surface area contributed by atoms with Gasteiger partial charge in [0.25, 0.3) is 5.91 Å². The van der Waals surface area contributed by atoms with Gasteiger partial charge in [0.15, 0.2) is 5.76 Å². The Morgan fingerprint density at radius 2 is 1.86 bits per heavy atom. The second-order valence-electron chi connectivity index (χ2n) is 7.50. The molecule has 2 heterocycles. The normalized spacial score (nSPS) is 17.4. The van der Waals surface area contributed by atoms with Gasteiger partial charge in [-0.3, -0.25) is 14.4 Å². The van der Waals surface area contributed by atoms with Gasteiger partial charge in [-0.25, -0.2) is 0 Å². The van der Waals surface area contributed by atoms with Crippen LogP contribution in [0.4, 0.5) is 0 Å². The first-order chi connectivity index (χ1) is 13.3. The zero-order valence-electron chi connectivity index (χ0n) is 16.5. The third-order valence-corrected chi connectivity index (χ3v) is 5.48. The van der Waals surface area contributed by atoms with Gasteiger partial charge in [0.05, 0.1) is 0 Å². The molecule has 1 fully saturated rings. The van der Waals surface area contributed by atoms with Crippen LogP contribution >= 0.6 is 0 Å². The lowest BCUT2D eigenvalue weighted by atomic mass is 10.1. The van der Waals surface area contributed by atoms with Crippen molar-refractivity contribution in [2.45, 2.75) is 46.1 Å². The molecular formula is C21H26N2O5. The number of carboxylic acids is 1. The molecule has 1 unspecified atom stereocenters. The summed E-state index contributed by atoms with van der Waals surface area (Å²) in [4.78, 5) is 39.0. The van der Waals surface area contributed by atoms with Crippen molar-refractivity contribution in [3.8, 4) is 0 Å². The van der Waals surface area contributed by atoms with Crippen molar-refractivity contribution >= 4 is 28.8 Å². The molecule has 28 heavy (non-hydrogen) atoms. The lowest BCUT2D eigenvalue weighted by Gasteiger charge is -2.28. The Bertz CT molecular complexity index is 878. The van der Waals surface area contributed by atoms with E-state index < -0.39 is 5.97 Å². The number of amides is 2. The highest BCUT2D eigenvalue weighted by Gasteiger charge is 2.29. The lowest BCUT2D eigenvalue weighted by molar-refractivity contribution is -0.145. The summed E-state index contributed by atoms with van der Waals surface area (Å²) in [6.45, 7) is 6.12. The molecule has 2 aromatic rings. The van der Waals surface area contributed by atoms with Crippen LogP contribution in [0, 0.1) is 13.8 Å². The molecule has 0 radical (unpaired) electrons. The van der Waals surface area contributed by atoms with Crippen LogP contribution in [-0.4, -0.2) is 58.4 Å². The van der Waals surface area contributed by atoms with Gasteiger partial charge in [-0.2, -0.15) is 0 Å². The quantitative estimate of drug-likeness (QED) is 0.872. The highest BCUT2D eigenvalue weighted by atomic mass is 16.4. The van der Waals surface area contributed by atoms with Gasteiger partial charge >= 0.3 is 5.97 Å². The summed E-state index contributed by atoms with van der Waals surface area (Å²) in [5.74, 6) is -1.14. The number of rotatable bonds is 4. The molecule has 0 spiro atoms. The van der Waals surface area contributed by atoms with E-state index in [4.69, 9.17) is 9.52 Å². The maximum atomic E-state index is 12.9. The number of likely N-dealkylation sites (tertiary alicyclic amines) is 1. The summed E-state index contributed by atoms with van der Waals surface area (Å²) in [6.07, 6.45) is 1.93. The zero-order chi connectivity index (χ0) is 20.4. The Labute approximate surface area is 163 Å². The molecule has 1 saturated heterocycles. The third kappa shape index (κ3) is 4.18. The highest BCUT2D eigenvalue weighted by molar-refractivity contribution is 5.96. The third-order valence-electron chi connectivity index (χ3n) is 5.48. The highest BCUT2D eigenvalue weighted by Crippen LogP contribution is 2.25. The molecule has 1 N–H and O–H groups in total. The number of carboxylic acid groups (broad SMARTS) is 1. The SMILES string of the molecule is CC(=O)N(CC(=O)O)C1CCCN(C(=O)c2cc3cc(C)c(C)cc3o2)CC1. The number of nitrogens with zero attached hydrogens (tertiary/aromatic N) is 2. The summed E-state index contributed by atoms with van der Waals surface area (Å²) in [7, 11) is 0. The van der Waals surface area contributed by atoms with Crippen molar-refractivity contribution in [2.24, 2.45) is 0 Å². The fraction of sp³-hybridized carbons (Fsp3) is 0.476. The van der Waals surface area contributed by atoms with Crippen LogP contribution in [0.3, 0.4) is 0 Å². The van der Waals surface area contributed by atoms with Crippen LogP contribution in [0.2, 0.25) is 0 Å². The minimum atomic E-state index is -1.03. The Hall–Kier alpha value is -2.83. The molecule has 150 valence electrons. The number of benzene rings is 1. The number of hydrogen-bond donors (Lipinski definition) is 1. The number of aliphatic carboxylic acids is 1. The molecule has 1 aliphatic heterocycles. The average molecular weight is 386 g/mol. The molecule has 2 amide bonds. The predicted octanol–water partition coefficient (Wildman–Crippen LogP) is 2.98. The number of aryl methyl sites for hydroxylation is 2. The molecule has 3 rings (SSSR count). The second kappa shape index (κ2) is 8.04. The number of carbonyl (C=O) groups excluding carboxylic acids is 2. The Balaban J connectivity index is 1.73. The van der Waals surface area contributed by atoms with E-state index in [0.717, 1.165) is 16.5 Å². The largest absolute Gasteiger partial charge is 0.480 e. The smallest absolute Gasteiger partial charge is 0.323 e. The van der Waals surface area contributed by atoms with Crippen LogP contribution in [0.1, 0.15) is 47.9 Å². The van der Waals surface area contributed by atoms with Crippen molar-refractivity contribution in [1.82, 2.24) is 9.80 Å². The number of fused-ring (bicyclic) bond motifs is 1. The van der Waals surface area contributed by atoms with Crippen LogP contribution < -0.4 is 0 Å². The molecule has 0 bridgehead atoms. The van der Waals surface area contributed by atoms with Crippen LogP contribution in [0.25, 0.3) is 11.0 Å². The average Bonchev–Trinajstić information content (AvgIpc) is 2.87. The molecule has 0 saturated carbocycles. The molecule has 7 nitrogen and oxygen atoms in total. The molecule has 1 atom stereocenters. The van der Waals surface area contributed by atoms with Crippen molar-refractivity contribution < 1.29 is 23.9 Å². The van der Waals surface area contributed by atoms with E-state index in [0.29, 0.717) is 43.7 Å². The molecule has 1 aliphatic rings. The van der Waals surface area contributed by atoms with E-state index in [-0.39, 0.29) is 24.4 Å². The van der Waals surface area contributed by atoms with Crippen molar-refractivity contribution in [1.29, 1.82) is 0 Å². The number of carbonyl (C=O) groups is 3. The molecule has 1 aromatic heterocycles. The van der Waals surface area contributed by atoms with Crippen LogP contribution in [0.15, 0.2) is 22.6 Å². The minimum Gasteiger partial charge on any atom is -0.480 e. The molecule has 0 aliphatic carbocycles. The minimum absolute atomic E-state index is 0.167. The number of hydrogen-bond acceptors (Lipinski definition) is 4. The first-order valence-electron chi connectivity index (χ1n) is 9.55.